The number of para-hydroxylation sites is 1. The average molecular weight is 411 g/mol. The Balaban J connectivity index is 0.000000612. The second-order valence-corrected chi connectivity index (χ2v) is 7.35. The fraction of sp³-hybridized carbons (Fsp3) is 0.619. The molecule has 2 atom stereocenters. The first-order valence-electron chi connectivity index (χ1n) is 10.1. The lowest BCUT2D eigenvalue weighted by molar-refractivity contribution is -0.159. The van der Waals surface area contributed by atoms with E-state index in [1.165, 1.54) is 24.9 Å². The van der Waals surface area contributed by atoms with Crippen LogP contribution in [0.3, 0.4) is 0 Å². The monoisotopic (exact) mass is 410 g/mol. The van der Waals surface area contributed by atoms with Crippen LogP contribution in [0.5, 0.6) is 5.75 Å². The number of hydrogen-bond donors (Lipinski definition) is 4. The molecule has 0 aliphatic carbocycles. The van der Waals surface area contributed by atoms with Crippen LogP contribution < -0.4 is 10.1 Å². The fourth-order valence-electron chi connectivity index (χ4n) is 3.29. The molecular weight excluding hydrogens is 376 g/mol. The summed E-state index contributed by atoms with van der Waals surface area (Å²) in [5.41, 5.74) is 1.19. The fourth-order valence-corrected chi connectivity index (χ4v) is 3.29. The summed E-state index contributed by atoms with van der Waals surface area (Å²) < 4.78 is 5.82. The number of nitrogens with one attached hydrogen (secondary N) is 1. The largest absolute Gasteiger partial charge is 0.491 e. The number of aliphatic carboxylic acids is 2. The minimum atomic E-state index is -1.82. The van der Waals surface area contributed by atoms with Crippen LogP contribution in [0.15, 0.2) is 24.3 Å². The molecule has 1 saturated heterocycles. The zero-order chi connectivity index (χ0) is 21.8. The number of nitrogens with zero attached hydrogens (tertiary/aromatic N) is 1. The number of carboxylic acid groups (broad SMARTS) is 2. The number of ether oxygens (including phenoxy) is 1. The van der Waals surface area contributed by atoms with Crippen LogP contribution in [0.4, 0.5) is 0 Å². The number of aliphatic hydroxyl groups excluding tert-OH is 1. The molecule has 1 heterocycles. The van der Waals surface area contributed by atoms with Crippen molar-refractivity contribution in [3.8, 4) is 5.75 Å². The van der Waals surface area contributed by atoms with Gasteiger partial charge in [-0.05, 0) is 43.5 Å². The summed E-state index contributed by atoms with van der Waals surface area (Å²) in [5, 5.41) is 28.3. The number of carbonyl (C=O) groups is 2. The highest BCUT2D eigenvalue weighted by atomic mass is 16.5. The number of likely N-dealkylation sites (tertiary alicyclic amines) is 1. The number of rotatable bonds is 9. The predicted octanol–water partition coefficient (Wildman–Crippen LogP) is 1.78. The van der Waals surface area contributed by atoms with Crippen LogP contribution in [-0.4, -0.2) is 77.1 Å². The number of carboxylic acids is 2. The van der Waals surface area contributed by atoms with Gasteiger partial charge in [-0.25, -0.2) is 9.59 Å². The van der Waals surface area contributed by atoms with Gasteiger partial charge < -0.3 is 25.4 Å². The molecule has 1 aromatic rings. The van der Waals surface area contributed by atoms with Crippen molar-refractivity contribution >= 4 is 11.9 Å². The van der Waals surface area contributed by atoms with Gasteiger partial charge >= 0.3 is 11.9 Å². The van der Waals surface area contributed by atoms with Crippen molar-refractivity contribution in [1.82, 2.24) is 10.2 Å². The molecule has 0 spiro atoms. The van der Waals surface area contributed by atoms with Gasteiger partial charge in [-0.15, -0.1) is 0 Å². The summed E-state index contributed by atoms with van der Waals surface area (Å²) in [6.45, 7) is 10.7. The summed E-state index contributed by atoms with van der Waals surface area (Å²) in [7, 11) is 0. The van der Waals surface area contributed by atoms with Crippen molar-refractivity contribution in [2.24, 2.45) is 0 Å². The van der Waals surface area contributed by atoms with Crippen molar-refractivity contribution in [2.45, 2.75) is 51.7 Å². The maximum atomic E-state index is 10.1. The molecule has 1 fully saturated rings. The SMILES string of the molecule is CCN1CCCC1CNCC(O)COc1ccccc1C(C)C.O=C(O)C(=O)O. The molecule has 0 amide bonds. The van der Waals surface area contributed by atoms with Gasteiger partial charge in [-0.1, -0.05) is 39.0 Å². The molecule has 0 saturated carbocycles. The highest BCUT2D eigenvalue weighted by Gasteiger charge is 2.22. The Morgan fingerprint density at radius 2 is 1.90 bits per heavy atom. The number of aliphatic hydroxyl groups is 1. The van der Waals surface area contributed by atoms with Crippen LogP contribution in [-0.2, 0) is 9.59 Å². The van der Waals surface area contributed by atoms with Crippen molar-refractivity contribution in [3.05, 3.63) is 29.8 Å². The topological polar surface area (TPSA) is 119 Å². The van der Waals surface area contributed by atoms with Gasteiger partial charge in [0.05, 0.1) is 0 Å². The van der Waals surface area contributed by atoms with Crippen LogP contribution in [0.25, 0.3) is 0 Å². The number of likely N-dealkylation sites (N-methyl/N-ethyl adjacent to an activating group) is 1. The third kappa shape index (κ3) is 9.25. The van der Waals surface area contributed by atoms with Crippen LogP contribution in [0.2, 0.25) is 0 Å². The molecule has 1 aliphatic rings. The lowest BCUT2D eigenvalue weighted by Gasteiger charge is -2.23. The highest BCUT2D eigenvalue weighted by molar-refractivity contribution is 6.27. The van der Waals surface area contributed by atoms with Crippen LogP contribution >= 0.6 is 0 Å². The lowest BCUT2D eigenvalue weighted by Crippen LogP contribution is -2.41. The van der Waals surface area contributed by atoms with E-state index in [-0.39, 0.29) is 0 Å². The zero-order valence-corrected chi connectivity index (χ0v) is 17.5. The van der Waals surface area contributed by atoms with Crippen LogP contribution in [0, 0.1) is 0 Å². The molecule has 0 aromatic heterocycles. The summed E-state index contributed by atoms with van der Waals surface area (Å²) in [6.07, 6.45) is 2.07. The van der Waals surface area contributed by atoms with Gasteiger partial charge in [0.25, 0.3) is 0 Å². The first kappa shape index (κ1) is 24.9. The first-order valence-corrected chi connectivity index (χ1v) is 10.1. The molecule has 164 valence electrons. The average Bonchev–Trinajstić information content (AvgIpc) is 3.14. The Bertz CT molecular complexity index is 625. The van der Waals surface area contributed by atoms with Gasteiger partial charge in [0, 0.05) is 19.1 Å². The summed E-state index contributed by atoms with van der Waals surface area (Å²) in [4.78, 5) is 20.7. The number of hydrogen-bond acceptors (Lipinski definition) is 6. The van der Waals surface area contributed by atoms with E-state index in [9.17, 15) is 5.11 Å². The molecule has 2 rings (SSSR count). The van der Waals surface area contributed by atoms with Gasteiger partial charge in [0.2, 0.25) is 0 Å². The molecule has 29 heavy (non-hydrogen) atoms. The lowest BCUT2D eigenvalue weighted by atomic mass is 10.0. The quantitative estimate of drug-likeness (QED) is 0.455. The molecule has 4 N–H and O–H groups in total. The smallest absolute Gasteiger partial charge is 0.414 e. The molecular formula is C21H34N2O6. The van der Waals surface area contributed by atoms with Crippen molar-refractivity contribution in [1.29, 1.82) is 0 Å². The minimum absolute atomic E-state index is 0.332. The second kappa shape index (κ2) is 13.1. The van der Waals surface area contributed by atoms with Crippen molar-refractivity contribution in [3.63, 3.8) is 0 Å². The van der Waals surface area contributed by atoms with E-state index in [2.05, 4.69) is 37.1 Å². The Hall–Kier alpha value is -2.16. The van der Waals surface area contributed by atoms with Gasteiger partial charge in [-0.3, -0.25) is 4.90 Å². The zero-order valence-electron chi connectivity index (χ0n) is 17.5. The maximum Gasteiger partial charge on any atom is 0.414 e. The normalized spacial score (nSPS) is 17.5. The Morgan fingerprint density at radius 1 is 1.24 bits per heavy atom. The maximum absolute atomic E-state index is 10.1. The van der Waals surface area contributed by atoms with E-state index in [0.717, 1.165) is 18.8 Å². The van der Waals surface area contributed by atoms with Crippen molar-refractivity contribution < 1.29 is 29.6 Å². The summed E-state index contributed by atoms with van der Waals surface area (Å²) in [6, 6.07) is 8.69. The third-order valence-corrected chi connectivity index (χ3v) is 4.82. The van der Waals surface area contributed by atoms with Gasteiger partial charge in [0.15, 0.2) is 0 Å². The number of benzene rings is 1. The van der Waals surface area contributed by atoms with E-state index in [0.29, 0.717) is 25.1 Å². The molecule has 2 unspecified atom stereocenters. The van der Waals surface area contributed by atoms with E-state index < -0.39 is 18.0 Å². The highest BCUT2D eigenvalue weighted by Crippen LogP contribution is 2.25. The second-order valence-electron chi connectivity index (χ2n) is 7.35. The molecule has 8 heteroatoms. The minimum Gasteiger partial charge on any atom is -0.491 e. The molecule has 0 radical (unpaired) electrons. The Morgan fingerprint density at radius 3 is 2.48 bits per heavy atom. The van der Waals surface area contributed by atoms with Gasteiger partial charge in [-0.2, -0.15) is 0 Å². The van der Waals surface area contributed by atoms with Gasteiger partial charge in [0.1, 0.15) is 18.5 Å². The van der Waals surface area contributed by atoms with E-state index >= 15 is 0 Å². The Kier molecular flexibility index (Phi) is 11.3. The van der Waals surface area contributed by atoms with E-state index in [1.54, 1.807) is 0 Å². The summed E-state index contributed by atoms with van der Waals surface area (Å²) in [5.74, 6) is -2.34. The van der Waals surface area contributed by atoms with Crippen LogP contribution in [0.1, 0.15) is 45.1 Å². The van der Waals surface area contributed by atoms with E-state index in [4.69, 9.17) is 24.5 Å². The summed E-state index contributed by atoms with van der Waals surface area (Å²) >= 11 is 0. The van der Waals surface area contributed by atoms with E-state index in [1.807, 2.05) is 18.2 Å². The molecule has 8 nitrogen and oxygen atoms in total. The Labute approximate surface area is 172 Å². The third-order valence-electron chi connectivity index (χ3n) is 4.82. The first-order chi connectivity index (χ1) is 13.8. The predicted molar refractivity (Wildman–Crippen MR) is 110 cm³/mol. The molecule has 1 aliphatic heterocycles. The molecule has 0 bridgehead atoms. The van der Waals surface area contributed by atoms with Crippen molar-refractivity contribution in [2.75, 3.05) is 32.8 Å². The molecule has 1 aromatic carbocycles. The standard InChI is InChI=1S/C19H32N2O2.C2H2O4/c1-4-21-11-7-8-16(21)12-20-13-17(22)14-23-19-10-6-5-9-18(19)15(2)3;3-1(4)2(5)6/h5-6,9-10,15-17,20,22H,4,7-8,11-14H2,1-3H3;(H,3,4)(H,5,6).